The Bertz CT molecular complexity index is 1350. The largest absolute Gasteiger partial charge is 0.486 e. The molecule has 36 heavy (non-hydrogen) atoms. The molecule has 4 heterocycles. The van der Waals surface area contributed by atoms with Crippen LogP contribution in [-0.4, -0.2) is 56.5 Å². The number of pyridine rings is 2. The quantitative estimate of drug-likeness (QED) is 0.296. The van der Waals surface area contributed by atoms with E-state index >= 15 is 0 Å². The molecule has 0 saturated carbocycles. The van der Waals surface area contributed by atoms with Crippen molar-refractivity contribution < 1.29 is 9.84 Å². The van der Waals surface area contributed by atoms with E-state index in [1.54, 1.807) is 19.3 Å². The first-order valence-electron chi connectivity index (χ1n) is 11.8. The molecule has 1 aromatic carbocycles. The van der Waals surface area contributed by atoms with Crippen LogP contribution in [0, 0.1) is 0 Å². The summed E-state index contributed by atoms with van der Waals surface area (Å²) >= 11 is 12.6. The van der Waals surface area contributed by atoms with E-state index in [0.29, 0.717) is 27.9 Å². The Balaban J connectivity index is 1.32. The van der Waals surface area contributed by atoms with Gasteiger partial charge in [0, 0.05) is 54.7 Å². The molecule has 0 unspecified atom stereocenters. The first-order chi connectivity index (χ1) is 17.2. The van der Waals surface area contributed by atoms with Gasteiger partial charge in [0.2, 0.25) is 0 Å². The molecule has 188 valence electrons. The predicted molar refractivity (Wildman–Crippen MR) is 143 cm³/mol. The van der Waals surface area contributed by atoms with Crippen molar-refractivity contribution in [1.29, 1.82) is 0 Å². The Hall–Kier alpha value is -2.91. The number of hydrogen-bond donors (Lipinski definition) is 3. The number of fused-ring (bicyclic) bond motifs is 1. The first-order valence-corrected chi connectivity index (χ1v) is 12.6. The molecule has 0 bridgehead atoms. The van der Waals surface area contributed by atoms with E-state index in [9.17, 15) is 5.11 Å². The summed E-state index contributed by atoms with van der Waals surface area (Å²) in [5.74, 6) is 1.59. The van der Waals surface area contributed by atoms with E-state index in [0.717, 1.165) is 41.1 Å². The molecule has 4 aromatic rings. The summed E-state index contributed by atoms with van der Waals surface area (Å²) < 4.78 is 6.17. The smallest absolute Gasteiger partial charge is 0.128 e. The molecule has 10 heteroatoms. The molecule has 0 amide bonds. The van der Waals surface area contributed by atoms with Gasteiger partial charge >= 0.3 is 0 Å². The molecule has 0 spiro atoms. The van der Waals surface area contributed by atoms with Gasteiger partial charge in [-0.3, -0.25) is 10.1 Å². The summed E-state index contributed by atoms with van der Waals surface area (Å²) in [6.07, 6.45) is 4.24. The number of aromatic nitrogens is 4. The Morgan fingerprint density at radius 1 is 1.14 bits per heavy atom. The number of hydrogen-bond acceptors (Lipinski definition) is 7. The average Bonchev–Trinajstić information content (AvgIpc) is 3.24. The molecule has 0 aliphatic carbocycles. The number of aliphatic hydroxyl groups is 1. The van der Waals surface area contributed by atoms with Crippen LogP contribution in [0.1, 0.15) is 32.4 Å². The SMILES string of the molecule is C[C@@H](O)CNC1(C)CN(c2ccc(-c3n[nH]c4ccc(O[C@H](C)c5c(Cl)cncc5Cl)cc34)cn2)C1. The third-order valence-corrected chi connectivity index (χ3v) is 7.00. The topological polar surface area (TPSA) is 99.2 Å². The highest BCUT2D eigenvalue weighted by molar-refractivity contribution is 6.35. The van der Waals surface area contributed by atoms with Crippen LogP contribution in [0.25, 0.3) is 22.2 Å². The monoisotopic (exact) mass is 526 g/mol. The maximum atomic E-state index is 9.53. The standard InChI is InChI=1S/C26H28Cl2N6O2/c1-15(35)9-31-26(3)13-34(14-26)23-7-4-17(10-30-23)25-19-8-18(5-6-22(19)32-33-25)36-16(2)24-20(27)11-29-12-21(24)28/h4-8,10-12,15-16,31,35H,9,13-14H2,1-3H3,(H,32,33)/t15-,16-/m1/s1. The van der Waals surface area contributed by atoms with Gasteiger partial charge in [-0.1, -0.05) is 23.2 Å². The average molecular weight is 527 g/mol. The molecule has 1 saturated heterocycles. The van der Waals surface area contributed by atoms with E-state index in [1.807, 2.05) is 43.5 Å². The molecule has 2 atom stereocenters. The van der Waals surface area contributed by atoms with Gasteiger partial charge in [-0.05, 0) is 51.1 Å². The lowest BCUT2D eigenvalue weighted by molar-refractivity contribution is 0.164. The van der Waals surface area contributed by atoms with Crippen molar-refractivity contribution in [3.8, 4) is 17.0 Å². The van der Waals surface area contributed by atoms with Crippen LogP contribution in [0.5, 0.6) is 5.75 Å². The second kappa shape index (κ2) is 9.86. The first kappa shape index (κ1) is 24.8. The minimum absolute atomic E-state index is 0.0198. The molecule has 1 aliphatic rings. The number of aliphatic hydroxyl groups excluding tert-OH is 1. The number of ether oxygens (including phenoxy) is 1. The van der Waals surface area contributed by atoms with E-state index in [1.165, 1.54) is 0 Å². The predicted octanol–water partition coefficient (Wildman–Crippen LogP) is 5.02. The fraction of sp³-hybridized carbons (Fsp3) is 0.346. The Kier molecular flexibility index (Phi) is 6.78. The van der Waals surface area contributed by atoms with E-state index in [2.05, 4.69) is 37.3 Å². The summed E-state index contributed by atoms with van der Waals surface area (Å²) in [5.41, 5.74) is 3.29. The van der Waals surface area contributed by atoms with Gasteiger partial charge in [-0.15, -0.1) is 0 Å². The normalized spacial score (nSPS) is 16.6. The van der Waals surface area contributed by atoms with Crippen LogP contribution in [0.2, 0.25) is 10.0 Å². The van der Waals surface area contributed by atoms with Crippen molar-refractivity contribution in [2.75, 3.05) is 24.5 Å². The third-order valence-electron chi connectivity index (χ3n) is 6.39. The number of rotatable bonds is 8. The second-order valence-corrected chi connectivity index (χ2v) is 10.4. The Morgan fingerprint density at radius 3 is 2.56 bits per heavy atom. The lowest BCUT2D eigenvalue weighted by atomic mass is 9.92. The number of aromatic amines is 1. The summed E-state index contributed by atoms with van der Waals surface area (Å²) in [6, 6.07) is 9.82. The molecule has 3 N–H and O–H groups in total. The zero-order valence-electron chi connectivity index (χ0n) is 20.3. The highest BCUT2D eigenvalue weighted by atomic mass is 35.5. The highest BCUT2D eigenvalue weighted by Crippen LogP contribution is 2.35. The molecular weight excluding hydrogens is 499 g/mol. The van der Waals surface area contributed by atoms with Crippen molar-refractivity contribution >= 4 is 39.9 Å². The molecule has 8 nitrogen and oxygen atoms in total. The molecule has 3 aromatic heterocycles. The van der Waals surface area contributed by atoms with Gasteiger partial charge in [0.05, 0.1) is 27.2 Å². The summed E-state index contributed by atoms with van der Waals surface area (Å²) in [4.78, 5) is 10.9. The van der Waals surface area contributed by atoms with Gasteiger partial charge in [0.25, 0.3) is 0 Å². The minimum Gasteiger partial charge on any atom is -0.486 e. The molecule has 1 fully saturated rings. The summed E-state index contributed by atoms with van der Waals surface area (Å²) in [6.45, 7) is 8.09. The van der Waals surface area contributed by atoms with E-state index < -0.39 is 0 Å². The van der Waals surface area contributed by atoms with E-state index in [4.69, 9.17) is 27.9 Å². The van der Waals surface area contributed by atoms with Crippen LogP contribution < -0.4 is 15.0 Å². The number of nitrogens with one attached hydrogen (secondary N) is 2. The molecule has 5 rings (SSSR count). The summed E-state index contributed by atoms with van der Waals surface area (Å²) in [5, 5.41) is 22.4. The van der Waals surface area contributed by atoms with Crippen LogP contribution in [0.4, 0.5) is 5.82 Å². The number of anilines is 1. The molecule has 0 radical (unpaired) electrons. The number of nitrogens with zero attached hydrogens (tertiary/aromatic N) is 4. The van der Waals surface area contributed by atoms with Gasteiger partial charge in [0.15, 0.2) is 0 Å². The fourth-order valence-corrected chi connectivity index (χ4v) is 5.21. The number of β-amino-alcohol motifs (C(OH)–C–C–N with tert-alkyl or cyclic N) is 1. The van der Waals surface area contributed by atoms with Crippen molar-refractivity contribution in [2.45, 2.75) is 38.5 Å². The maximum absolute atomic E-state index is 9.53. The zero-order valence-corrected chi connectivity index (χ0v) is 21.8. The zero-order chi connectivity index (χ0) is 25.4. The molecule has 1 aliphatic heterocycles. The summed E-state index contributed by atoms with van der Waals surface area (Å²) in [7, 11) is 0. The van der Waals surface area contributed by atoms with Crippen molar-refractivity contribution in [3.63, 3.8) is 0 Å². The number of halogens is 2. The van der Waals surface area contributed by atoms with Gasteiger partial charge in [0.1, 0.15) is 23.4 Å². The Labute approximate surface area is 219 Å². The number of H-pyrrole nitrogens is 1. The van der Waals surface area contributed by atoms with Crippen molar-refractivity contribution in [1.82, 2.24) is 25.5 Å². The van der Waals surface area contributed by atoms with Crippen molar-refractivity contribution in [2.24, 2.45) is 0 Å². The van der Waals surface area contributed by atoms with Gasteiger partial charge in [-0.2, -0.15) is 5.10 Å². The lowest BCUT2D eigenvalue weighted by Crippen LogP contribution is -2.68. The third kappa shape index (κ3) is 4.99. The van der Waals surface area contributed by atoms with Crippen LogP contribution in [0.3, 0.4) is 0 Å². The van der Waals surface area contributed by atoms with Gasteiger partial charge in [-0.25, -0.2) is 4.98 Å². The van der Waals surface area contributed by atoms with Crippen LogP contribution in [-0.2, 0) is 0 Å². The lowest BCUT2D eigenvalue weighted by Gasteiger charge is -2.49. The van der Waals surface area contributed by atoms with Gasteiger partial charge < -0.3 is 20.1 Å². The van der Waals surface area contributed by atoms with E-state index in [-0.39, 0.29) is 17.7 Å². The van der Waals surface area contributed by atoms with Crippen LogP contribution in [0.15, 0.2) is 48.9 Å². The Morgan fingerprint density at radius 2 is 1.89 bits per heavy atom. The maximum Gasteiger partial charge on any atom is 0.128 e. The molecular formula is C26H28Cl2N6O2. The van der Waals surface area contributed by atoms with Crippen molar-refractivity contribution in [3.05, 3.63) is 64.5 Å². The number of benzene rings is 1. The van der Waals surface area contributed by atoms with Crippen LogP contribution >= 0.6 is 23.2 Å². The second-order valence-electron chi connectivity index (χ2n) is 9.61. The minimum atomic E-state index is -0.364. The highest BCUT2D eigenvalue weighted by Gasteiger charge is 2.39. The fourth-order valence-electron chi connectivity index (χ4n) is 4.54.